The summed E-state index contributed by atoms with van der Waals surface area (Å²) < 4.78 is 0. The Hall–Kier alpha value is -1.49. The van der Waals surface area contributed by atoms with Crippen LogP contribution >= 0.6 is 0 Å². The summed E-state index contributed by atoms with van der Waals surface area (Å²) in [6, 6.07) is 8.93. The number of nitriles is 1. The number of hydrogen-bond donors (Lipinski definition) is 1. The van der Waals surface area contributed by atoms with Crippen LogP contribution in [0.25, 0.3) is 0 Å². The number of rotatable bonds is 3. The first-order valence-electron chi connectivity index (χ1n) is 7.50. The molecule has 1 saturated carbocycles. The van der Waals surface area contributed by atoms with Crippen LogP contribution in [0.2, 0.25) is 0 Å². The van der Waals surface area contributed by atoms with Crippen LogP contribution in [0.4, 0.5) is 5.69 Å². The van der Waals surface area contributed by atoms with Crippen LogP contribution in [-0.2, 0) is 0 Å². The fourth-order valence-corrected chi connectivity index (χ4v) is 3.09. The highest BCUT2D eigenvalue weighted by Crippen LogP contribution is 2.28. The minimum Gasteiger partial charge on any atom is -0.381 e. The van der Waals surface area contributed by atoms with Gasteiger partial charge in [0, 0.05) is 6.04 Å². The third-order valence-electron chi connectivity index (χ3n) is 4.41. The molecule has 0 bridgehead atoms. The van der Waals surface area contributed by atoms with Crippen LogP contribution in [-0.4, -0.2) is 6.04 Å². The Labute approximate surface area is 116 Å². The Kier molecular flexibility index (Phi) is 4.85. The molecule has 1 aromatic rings. The van der Waals surface area contributed by atoms with Gasteiger partial charge in [-0.25, -0.2) is 0 Å². The Morgan fingerprint density at radius 1 is 1.26 bits per heavy atom. The van der Waals surface area contributed by atoms with Crippen molar-refractivity contribution in [2.45, 2.75) is 58.4 Å². The molecule has 1 fully saturated rings. The third-order valence-corrected chi connectivity index (χ3v) is 4.41. The quantitative estimate of drug-likeness (QED) is 0.800. The van der Waals surface area contributed by atoms with Gasteiger partial charge in [-0.05, 0) is 43.7 Å². The fourth-order valence-electron chi connectivity index (χ4n) is 3.09. The Morgan fingerprint density at radius 3 is 2.84 bits per heavy atom. The average Bonchev–Trinajstić information content (AvgIpc) is 2.64. The Bertz CT molecular complexity index is 459. The molecule has 1 aromatic carbocycles. The molecule has 0 saturated heterocycles. The lowest BCUT2D eigenvalue weighted by Gasteiger charge is -2.19. The second kappa shape index (κ2) is 6.61. The van der Waals surface area contributed by atoms with Crippen LogP contribution in [0.5, 0.6) is 0 Å². The van der Waals surface area contributed by atoms with Crippen molar-refractivity contribution in [3.05, 3.63) is 29.3 Å². The molecule has 2 heteroatoms. The molecule has 1 N–H and O–H groups in total. The molecule has 102 valence electrons. The average molecular weight is 256 g/mol. The molecule has 0 aromatic heterocycles. The number of anilines is 1. The van der Waals surface area contributed by atoms with Crippen LogP contribution in [0.1, 0.15) is 56.6 Å². The van der Waals surface area contributed by atoms with Crippen molar-refractivity contribution >= 4 is 5.69 Å². The standard InChI is InChI=1S/C17H24N2/c1-3-14-7-5-8-15(11-10-14)19-17-9-4-6-13(2)16(17)12-18/h4,6,9,14-15,19H,3,5,7-8,10-11H2,1-2H3. The molecule has 1 aliphatic rings. The van der Waals surface area contributed by atoms with E-state index in [0.717, 1.165) is 22.7 Å². The molecule has 0 aliphatic heterocycles. The first kappa shape index (κ1) is 13.9. The van der Waals surface area contributed by atoms with Gasteiger partial charge in [0.1, 0.15) is 6.07 Å². The summed E-state index contributed by atoms with van der Waals surface area (Å²) in [5.74, 6) is 0.903. The molecule has 0 radical (unpaired) electrons. The van der Waals surface area contributed by atoms with Gasteiger partial charge in [0.15, 0.2) is 0 Å². The van der Waals surface area contributed by atoms with Crippen molar-refractivity contribution in [2.24, 2.45) is 5.92 Å². The van der Waals surface area contributed by atoms with E-state index in [0.29, 0.717) is 6.04 Å². The van der Waals surface area contributed by atoms with Gasteiger partial charge in [-0.15, -0.1) is 0 Å². The highest BCUT2D eigenvalue weighted by molar-refractivity contribution is 5.61. The van der Waals surface area contributed by atoms with Gasteiger partial charge in [0.2, 0.25) is 0 Å². The normalized spacial score (nSPS) is 23.4. The van der Waals surface area contributed by atoms with E-state index < -0.39 is 0 Å². The first-order valence-corrected chi connectivity index (χ1v) is 7.50. The maximum Gasteiger partial charge on any atom is 0.102 e. The second-order valence-corrected chi connectivity index (χ2v) is 5.73. The van der Waals surface area contributed by atoms with E-state index in [1.807, 2.05) is 25.1 Å². The predicted molar refractivity (Wildman–Crippen MR) is 80.2 cm³/mol. The molecule has 1 aliphatic carbocycles. The van der Waals surface area contributed by atoms with Crippen molar-refractivity contribution in [1.29, 1.82) is 5.26 Å². The summed E-state index contributed by atoms with van der Waals surface area (Å²) in [5, 5.41) is 12.9. The Balaban J connectivity index is 2.05. The van der Waals surface area contributed by atoms with Gasteiger partial charge in [0.25, 0.3) is 0 Å². The Morgan fingerprint density at radius 2 is 2.11 bits per heavy atom. The van der Waals surface area contributed by atoms with Crippen molar-refractivity contribution in [2.75, 3.05) is 5.32 Å². The van der Waals surface area contributed by atoms with E-state index in [9.17, 15) is 5.26 Å². The molecule has 2 unspecified atom stereocenters. The largest absolute Gasteiger partial charge is 0.381 e. The predicted octanol–water partition coefficient (Wildman–Crippen LogP) is 4.64. The zero-order chi connectivity index (χ0) is 13.7. The number of hydrogen-bond acceptors (Lipinski definition) is 2. The fraction of sp³-hybridized carbons (Fsp3) is 0.588. The van der Waals surface area contributed by atoms with Crippen LogP contribution in [0, 0.1) is 24.2 Å². The third kappa shape index (κ3) is 3.50. The molecule has 0 spiro atoms. The summed E-state index contributed by atoms with van der Waals surface area (Å²) >= 11 is 0. The van der Waals surface area contributed by atoms with Crippen LogP contribution < -0.4 is 5.32 Å². The summed E-state index contributed by atoms with van der Waals surface area (Å²) in [4.78, 5) is 0. The number of nitrogens with one attached hydrogen (secondary N) is 1. The van der Waals surface area contributed by atoms with Gasteiger partial charge < -0.3 is 5.32 Å². The molecule has 2 atom stereocenters. The van der Waals surface area contributed by atoms with Crippen LogP contribution in [0.15, 0.2) is 18.2 Å². The maximum absolute atomic E-state index is 9.27. The number of nitrogens with zero attached hydrogens (tertiary/aromatic N) is 1. The summed E-state index contributed by atoms with van der Waals surface area (Å²) in [6.07, 6.45) is 7.77. The lowest BCUT2D eigenvalue weighted by Crippen LogP contribution is -2.19. The van der Waals surface area contributed by atoms with E-state index in [1.54, 1.807) is 0 Å². The van der Waals surface area contributed by atoms with Gasteiger partial charge in [0.05, 0.1) is 11.3 Å². The molecule has 0 heterocycles. The monoisotopic (exact) mass is 256 g/mol. The van der Waals surface area contributed by atoms with E-state index in [2.05, 4.69) is 18.3 Å². The SMILES string of the molecule is CCC1CCCC(Nc2cccc(C)c2C#N)CC1. The van der Waals surface area contributed by atoms with Gasteiger partial charge in [-0.3, -0.25) is 0 Å². The topological polar surface area (TPSA) is 35.8 Å². The van der Waals surface area contributed by atoms with Crippen molar-refractivity contribution in [3.8, 4) is 6.07 Å². The minimum atomic E-state index is 0.533. The summed E-state index contributed by atoms with van der Waals surface area (Å²) in [5.41, 5.74) is 2.88. The van der Waals surface area contributed by atoms with Crippen LogP contribution in [0.3, 0.4) is 0 Å². The number of aryl methyl sites for hydroxylation is 1. The van der Waals surface area contributed by atoms with Crippen molar-refractivity contribution < 1.29 is 0 Å². The van der Waals surface area contributed by atoms with E-state index in [4.69, 9.17) is 0 Å². The lowest BCUT2D eigenvalue weighted by atomic mass is 9.97. The first-order chi connectivity index (χ1) is 9.24. The smallest absolute Gasteiger partial charge is 0.102 e. The number of benzene rings is 1. The lowest BCUT2D eigenvalue weighted by molar-refractivity contribution is 0.444. The zero-order valence-electron chi connectivity index (χ0n) is 12.1. The second-order valence-electron chi connectivity index (χ2n) is 5.73. The molecular formula is C17H24N2. The molecule has 2 nitrogen and oxygen atoms in total. The van der Waals surface area contributed by atoms with Crippen molar-refractivity contribution in [1.82, 2.24) is 0 Å². The highest BCUT2D eigenvalue weighted by atomic mass is 14.9. The zero-order valence-corrected chi connectivity index (χ0v) is 12.1. The van der Waals surface area contributed by atoms with Gasteiger partial charge in [-0.1, -0.05) is 38.3 Å². The van der Waals surface area contributed by atoms with Gasteiger partial charge >= 0.3 is 0 Å². The maximum atomic E-state index is 9.27. The van der Waals surface area contributed by atoms with Gasteiger partial charge in [-0.2, -0.15) is 5.26 Å². The summed E-state index contributed by atoms with van der Waals surface area (Å²) in [7, 11) is 0. The summed E-state index contributed by atoms with van der Waals surface area (Å²) in [6.45, 7) is 4.30. The molecule has 19 heavy (non-hydrogen) atoms. The molecular weight excluding hydrogens is 232 g/mol. The van der Waals surface area contributed by atoms with E-state index in [1.165, 1.54) is 38.5 Å². The molecule has 0 amide bonds. The minimum absolute atomic E-state index is 0.533. The van der Waals surface area contributed by atoms with Crippen molar-refractivity contribution in [3.63, 3.8) is 0 Å². The highest BCUT2D eigenvalue weighted by Gasteiger charge is 2.18. The molecule has 2 rings (SSSR count). The van der Waals surface area contributed by atoms with E-state index in [-0.39, 0.29) is 0 Å². The van der Waals surface area contributed by atoms with E-state index >= 15 is 0 Å².